The molecule has 25 heavy (non-hydrogen) atoms. The molecule has 1 aromatic carbocycles. The summed E-state index contributed by atoms with van der Waals surface area (Å²) in [7, 11) is 0. The lowest BCUT2D eigenvalue weighted by molar-refractivity contribution is 0.171. The molecule has 2 aliphatic rings. The molecule has 0 aliphatic heterocycles. The lowest BCUT2D eigenvalue weighted by Crippen LogP contribution is -2.25. The van der Waals surface area contributed by atoms with Crippen LogP contribution in [0.2, 0.25) is 0 Å². The van der Waals surface area contributed by atoms with Crippen molar-refractivity contribution in [2.45, 2.75) is 77.6 Å². The van der Waals surface area contributed by atoms with Crippen LogP contribution in [-0.4, -0.2) is 0 Å². The molecule has 2 fully saturated rings. The Balaban J connectivity index is 1.45. The van der Waals surface area contributed by atoms with Crippen molar-refractivity contribution in [2.24, 2.45) is 17.8 Å². The maximum atomic E-state index is 2.44. The van der Waals surface area contributed by atoms with Crippen molar-refractivity contribution < 1.29 is 0 Å². The first-order valence-corrected chi connectivity index (χ1v) is 10.7. The van der Waals surface area contributed by atoms with E-state index < -0.39 is 0 Å². The van der Waals surface area contributed by atoms with Gasteiger partial charge in [-0.2, -0.15) is 0 Å². The largest absolute Gasteiger partial charge is 0.0877 e. The molecular formula is C25H36. The van der Waals surface area contributed by atoms with Gasteiger partial charge in [-0.1, -0.05) is 55.5 Å². The molecule has 0 nitrogen and oxygen atoms in total. The lowest BCUT2D eigenvalue weighted by atomic mass is 9.68. The Morgan fingerprint density at radius 1 is 0.800 bits per heavy atom. The van der Waals surface area contributed by atoms with E-state index in [1.54, 1.807) is 5.56 Å². The molecule has 136 valence electrons. The zero-order chi connectivity index (χ0) is 17.5. The van der Waals surface area contributed by atoms with Gasteiger partial charge < -0.3 is 0 Å². The van der Waals surface area contributed by atoms with Crippen LogP contribution >= 0.6 is 0 Å². The average Bonchev–Trinajstić information content (AvgIpc) is 2.69. The third kappa shape index (κ3) is 5.09. The highest BCUT2D eigenvalue weighted by Crippen LogP contribution is 2.44. The molecule has 0 atom stereocenters. The predicted molar refractivity (Wildman–Crippen MR) is 110 cm³/mol. The quantitative estimate of drug-likeness (QED) is 0.489. The molecule has 0 bridgehead atoms. The Kier molecular flexibility index (Phi) is 6.96. The summed E-state index contributed by atoms with van der Waals surface area (Å²) in [5.74, 6) is 3.67. The van der Waals surface area contributed by atoms with Gasteiger partial charge in [-0.15, -0.1) is 0 Å². The second-order valence-corrected chi connectivity index (χ2v) is 8.29. The average molecular weight is 337 g/mol. The fourth-order valence-corrected chi connectivity index (χ4v) is 5.09. The molecule has 0 N–H and O–H groups in total. The fraction of sp³-hybridized carbons (Fsp3) is 0.600. The molecule has 3 rings (SSSR count). The highest BCUT2D eigenvalue weighted by atomic mass is 14.4. The minimum Gasteiger partial charge on any atom is -0.0877 e. The van der Waals surface area contributed by atoms with E-state index >= 15 is 0 Å². The SMILES string of the molecule is CC=CC=CC1CCC(C2CCC(c3ccc(CC)cc3)CC2)CC1. The summed E-state index contributed by atoms with van der Waals surface area (Å²) in [5, 5.41) is 0. The maximum absolute atomic E-state index is 2.44. The van der Waals surface area contributed by atoms with Crippen molar-refractivity contribution in [1.82, 2.24) is 0 Å². The van der Waals surface area contributed by atoms with E-state index in [1.165, 1.54) is 56.9 Å². The molecule has 0 unspecified atom stereocenters. The van der Waals surface area contributed by atoms with E-state index in [1.807, 2.05) is 0 Å². The molecule has 0 amide bonds. The van der Waals surface area contributed by atoms with Gasteiger partial charge in [0.15, 0.2) is 0 Å². The number of rotatable bonds is 5. The molecule has 0 heterocycles. The molecule has 1 aromatic rings. The van der Waals surface area contributed by atoms with Crippen LogP contribution in [0.3, 0.4) is 0 Å². The summed E-state index contributed by atoms with van der Waals surface area (Å²) in [6.45, 7) is 4.33. The van der Waals surface area contributed by atoms with Gasteiger partial charge in [0.1, 0.15) is 0 Å². The monoisotopic (exact) mass is 336 g/mol. The second-order valence-electron chi connectivity index (χ2n) is 8.29. The van der Waals surface area contributed by atoms with Gasteiger partial charge in [-0.05, 0) is 99.5 Å². The Morgan fingerprint density at radius 2 is 1.40 bits per heavy atom. The van der Waals surface area contributed by atoms with Crippen LogP contribution in [0.5, 0.6) is 0 Å². The van der Waals surface area contributed by atoms with Gasteiger partial charge in [-0.25, -0.2) is 0 Å². The van der Waals surface area contributed by atoms with Gasteiger partial charge in [0.25, 0.3) is 0 Å². The van der Waals surface area contributed by atoms with Crippen LogP contribution in [-0.2, 0) is 6.42 Å². The molecular weight excluding hydrogens is 300 g/mol. The minimum absolute atomic E-state index is 0.822. The summed E-state index contributed by atoms with van der Waals surface area (Å²) < 4.78 is 0. The second kappa shape index (κ2) is 9.41. The van der Waals surface area contributed by atoms with Crippen LogP contribution in [0.1, 0.15) is 82.3 Å². The van der Waals surface area contributed by atoms with E-state index in [9.17, 15) is 0 Å². The van der Waals surface area contributed by atoms with Crippen LogP contribution in [0.25, 0.3) is 0 Å². The fourth-order valence-electron chi connectivity index (χ4n) is 5.09. The number of hydrogen-bond acceptors (Lipinski definition) is 0. The van der Waals surface area contributed by atoms with E-state index in [-0.39, 0.29) is 0 Å². The predicted octanol–water partition coefficient (Wildman–Crippen LogP) is 7.46. The van der Waals surface area contributed by atoms with Crippen molar-refractivity contribution >= 4 is 0 Å². The van der Waals surface area contributed by atoms with Crippen LogP contribution in [0.4, 0.5) is 0 Å². The van der Waals surface area contributed by atoms with Gasteiger partial charge >= 0.3 is 0 Å². The molecule has 0 saturated heterocycles. The smallest absolute Gasteiger partial charge is 0.0162 e. The third-order valence-corrected chi connectivity index (χ3v) is 6.80. The number of aryl methyl sites for hydroxylation is 1. The molecule has 0 radical (unpaired) electrons. The zero-order valence-corrected chi connectivity index (χ0v) is 16.3. The first-order chi connectivity index (χ1) is 12.3. The summed E-state index contributed by atoms with van der Waals surface area (Å²) in [6.07, 6.45) is 21.6. The topological polar surface area (TPSA) is 0 Å². The molecule has 2 saturated carbocycles. The van der Waals surface area contributed by atoms with Crippen molar-refractivity contribution in [1.29, 1.82) is 0 Å². The molecule has 0 heteroatoms. The van der Waals surface area contributed by atoms with E-state index in [4.69, 9.17) is 0 Å². The molecule has 0 aromatic heterocycles. The van der Waals surface area contributed by atoms with Crippen molar-refractivity contribution in [3.05, 3.63) is 59.7 Å². The first kappa shape index (κ1) is 18.5. The standard InChI is InChI=1S/C25H36/c1-3-5-6-7-21-10-14-23(15-11-21)25-18-16-24(17-19-25)22-12-8-20(4-2)9-13-22/h3,5-9,12-13,21,23-25H,4,10-11,14-19H2,1-2H3. The molecule has 0 spiro atoms. The number of allylic oxidation sites excluding steroid dienone is 4. The normalized spacial score (nSPS) is 31.0. The van der Waals surface area contributed by atoms with Gasteiger partial charge in [0, 0.05) is 0 Å². The van der Waals surface area contributed by atoms with Crippen molar-refractivity contribution in [2.75, 3.05) is 0 Å². The van der Waals surface area contributed by atoms with Crippen LogP contribution < -0.4 is 0 Å². The van der Waals surface area contributed by atoms with Gasteiger partial charge in [0.2, 0.25) is 0 Å². The van der Waals surface area contributed by atoms with Crippen molar-refractivity contribution in [3.8, 4) is 0 Å². The van der Waals surface area contributed by atoms with Gasteiger partial charge in [-0.3, -0.25) is 0 Å². The lowest BCUT2D eigenvalue weighted by Gasteiger charge is -2.37. The number of benzene rings is 1. The van der Waals surface area contributed by atoms with E-state index in [2.05, 4.69) is 62.4 Å². The summed E-state index contributed by atoms with van der Waals surface area (Å²) >= 11 is 0. The minimum atomic E-state index is 0.822. The Morgan fingerprint density at radius 3 is 1.96 bits per heavy atom. The Hall–Kier alpha value is -1.30. The summed E-state index contributed by atoms with van der Waals surface area (Å²) in [5.41, 5.74) is 3.06. The van der Waals surface area contributed by atoms with Crippen molar-refractivity contribution in [3.63, 3.8) is 0 Å². The maximum Gasteiger partial charge on any atom is -0.0162 e. The number of hydrogen-bond donors (Lipinski definition) is 0. The summed E-state index contributed by atoms with van der Waals surface area (Å²) in [6, 6.07) is 9.46. The first-order valence-electron chi connectivity index (χ1n) is 10.7. The zero-order valence-electron chi connectivity index (χ0n) is 16.3. The van der Waals surface area contributed by atoms with E-state index in [0.717, 1.165) is 30.1 Å². The highest BCUT2D eigenvalue weighted by molar-refractivity contribution is 5.25. The van der Waals surface area contributed by atoms with Gasteiger partial charge in [0.05, 0.1) is 0 Å². The van der Waals surface area contributed by atoms with E-state index in [0.29, 0.717) is 0 Å². The third-order valence-electron chi connectivity index (χ3n) is 6.80. The highest BCUT2D eigenvalue weighted by Gasteiger charge is 2.30. The molecule has 2 aliphatic carbocycles. The Bertz CT molecular complexity index is 546. The van der Waals surface area contributed by atoms with Crippen LogP contribution in [0.15, 0.2) is 48.6 Å². The van der Waals surface area contributed by atoms with Crippen LogP contribution in [0, 0.1) is 17.8 Å². The summed E-state index contributed by atoms with van der Waals surface area (Å²) in [4.78, 5) is 0. The Labute approximate surface area is 155 Å².